The first kappa shape index (κ1) is 16.2. The molecule has 0 amide bonds. The lowest BCUT2D eigenvalue weighted by atomic mass is 9.95. The van der Waals surface area contributed by atoms with Crippen LogP contribution in [0.4, 0.5) is 4.39 Å². The second kappa shape index (κ2) is 6.58. The molecule has 1 aliphatic rings. The quantitative estimate of drug-likeness (QED) is 0.654. The third-order valence-electron chi connectivity index (χ3n) is 4.43. The summed E-state index contributed by atoms with van der Waals surface area (Å²) >= 11 is 5.77. The van der Waals surface area contributed by atoms with Crippen LogP contribution in [0.3, 0.4) is 0 Å². The first-order valence-electron chi connectivity index (χ1n) is 8.09. The molecule has 0 saturated carbocycles. The van der Waals surface area contributed by atoms with Gasteiger partial charge in [0.15, 0.2) is 0 Å². The van der Waals surface area contributed by atoms with Gasteiger partial charge in [-0.1, -0.05) is 52.7 Å². The molecule has 4 rings (SSSR count). The van der Waals surface area contributed by atoms with Gasteiger partial charge in [-0.15, -0.1) is 0 Å². The Morgan fingerprint density at radius 1 is 1.16 bits per heavy atom. The molecule has 1 aromatic heterocycles. The molecule has 0 bridgehead atoms. The van der Waals surface area contributed by atoms with Crippen molar-refractivity contribution in [3.05, 3.63) is 70.3 Å². The van der Waals surface area contributed by atoms with Crippen molar-refractivity contribution in [3.8, 4) is 11.4 Å². The SMILES string of the molecule is Cc1ccc(-c2noc([C@@H]3CCO[C@H]3c3ccc(Cl)c(F)c3)n2)cc1. The van der Waals surface area contributed by atoms with Crippen molar-refractivity contribution in [1.82, 2.24) is 10.1 Å². The van der Waals surface area contributed by atoms with Crippen molar-refractivity contribution >= 4 is 11.6 Å². The van der Waals surface area contributed by atoms with Gasteiger partial charge in [0.05, 0.1) is 17.0 Å². The van der Waals surface area contributed by atoms with Crippen molar-refractivity contribution < 1.29 is 13.7 Å². The van der Waals surface area contributed by atoms with Gasteiger partial charge in [0.2, 0.25) is 11.7 Å². The molecule has 0 aliphatic carbocycles. The average Bonchev–Trinajstić information content (AvgIpc) is 3.27. The molecular formula is C19H16ClFN2O2. The predicted octanol–water partition coefficient (Wildman–Crippen LogP) is 5.08. The van der Waals surface area contributed by atoms with Crippen LogP contribution in [0.1, 0.15) is 35.5 Å². The van der Waals surface area contributed by atoms with Crippen LogP contribution in [0.5, 0.6) is 0 Å². The van der Waals surface area contributed by atoms with Crippen LogP contribution in [-0.4, -0.2) is 16.7 Å². The number of rotatable bonds is 3. The number of nitrogens with zero attached hydrogens (tertiary/aromatic N) is 2. The zero-order valence-electron chi connectivity index (χ0n) is 13.6. The maximum atomic E-state index is 13.8. The standard InChI is InChI=1S/C19H16ClFN2O2/c1-11-2-4-12(5-3-11)18-22-19(25-23-18)14-8-9-24-17(14)13-6-7-15(20)16(21)10-13/h2-7,10,14,17H,8-9H2,1H3/t14-,17+/m1/s1. The predicted molar refractivity (Wildman–Crippen MR) is 91.9 cm³/mol. The van der Waals surface area contributed by atoms with E-state index in [0.717, 1.165) is 17.5 Å². The van der Waals surface area contributed by atoms with Crippen LogP contribution in [0.2, 0.25) is 5.02 Å². The highest BCUT2D eigenvalue weighted by atomic mass is 35.5. The minimum absolute atomic E-state index is 0.0951. The molecule has 0 N–H and O–H groups in total. The zero-order chi connectivity index (χ0) is 17.4. The summed E-state index contributed by atoms with van der Waals surface area (Å²) in [7, 11) is 0. The van der Waals surface area contributed by atoms with E-state index in [2.05, 4.69) is 10.1 Å². The molecule has 25 heavy (non-hydrogen) atoms. The molecule has 1 saturated heterocycles. The molecule has 1 aliphatic heterocycles. The molecule has 3 aromatic rings. The van der Waals surface area contributed by atoms with Crippen LogP contribution >= 0.6 is 11.6 Å². The fourth-order valence-electron chi connectivity index (χ4n) is 3.07. The molecule has 2 aromatic carbocycles. The van der Waals surface area contributed by atoms with Crippen LogP contribution in [0, 0.1) is 12.7 Å². The number of aryl methyl sites for hydroxylation is 1. The van der Waals surface area contributed by atoms with Crippen molar-refractivity contribution in [2.24, 2.45) is 0 Å². The third kappa shape index (κ3) is 3.17. The van der Waals surface area contributed by atoms with Gasteiger partial charge < -0.3 is 9.26 Å². The number of hydrogen-bond acceptors (Lipinski definition) is 4. The third-order valence-corrected chi connectivity index (χ3v) is 4.74. The number of benzene rings is 2. The molecule has 2 atom stereocenters. The normalized spacial score (nSPS) is 20.1. The molecule has 128 valence electrons. The van der Waals surface area contributed by atoms with Crippen LogP contribution in [0.15, 0.2) is 47.0 Å². The van der Waals surface area contributed by atoms with Crippen LogP contribution in [-0.2, 0) is 4.74 Å². The van der Waals surface area contributed by atoms with Crippen LogP contribution in [0.25, 0.3) is 11.4 Å². The van der Waals surface area contributed by atoms with Crippen molar-refractivity contribution in [2.75, 3.05) is 6.61 Å². The Morgan fingerprint density at radius 3 is 2.72 bits per heavy atom. The molecule has 0 spiro atoms. The highest BCUT2D eigenvalue weighted by Crippen LogP contribution is 2.42. The number of hydrogen-bond donors (Lipinski definition) is 0. The van der Waals surface area contributed by atoms with E-state index in [4.69, 9.17) is 20.9 Å². The number of ether oxygens (including phenoxy) is 1. The Balaban J connectivity index is 1.62. The molecule has 0 radical (unpaired) electrons. The molecule has 1 fully saturated rings. The van der Waals surface area contributed by atoms with Gasteiger partial charge in [-0.25, -0.2) is 4.39 Å². The minimum atomic E-state index is -0.459. The fourth-order valence-corrected chi connectivity index (χ4v) is 3.18. The van der Waals surface area contributed by atoms with Gasteiger partial charge in [-0.2, -0.15) is 4.98 Å². The van der Waals surface area contributed by atoms with E-state index in [9.17, 15) is 4.39 Å². The monoisotopic (exact) mass is 358 g/mol. The molecule has 4 nitrogen and oxygen atoms in total. The second-order valence-corrected chi connectivity index (χ2v) is 6.59. The van der Waals surface area contributed by atoms with E-state index in [1.165, 1.54) is 17.7 Å². The highest BCUT2D eigenvalue weighted by molar-refractivity contribution is 6.30. The molecule has 0 unspecified atom stereocenters. The number of aromatic nitrogens is 2. The van der Waals surface area contributed by atoms with E-state index in [1.54, 1.807) is 6.07 Å². The minimum Gasteiger partial charge on any atom is -0.373 e. The van der Waals surface area contributed by atoms with E-state index in [0.29, 0.717) is 18.3 Å². The smallest absolute Gasteiger partial charge is 0.233 e. The largest absolute Gasteiger partial charge is 0.373 e. The lowest BCUT2D eigenvalue weighted by molar-refractivity contribution is 0.0984. The summed E-state index contributed by atoms with van der Waals surface area (Å²) in [4.78, 5) is 4.53. The Bertz CT molecular complexity index is 895. The van der Waals surface area contributed by atoms with Crippen molar-refractivity contribution in [3.63, 3.8) is 0 Å². The summed E-state index contributed by atoms with van der Waals surface area (Å²) in [6.07, 6.45) is 0.419. The topological polar surface area (TPSA) is 48.2 Å². The lowest BCUT2D eigenvalue weighted by Crippen LogP contribution is -2.07. The van der Waals surface area contributed by atoms with Crippen LogP contribution < -0.4 is 0 Å². The van der Waals surface area contributed by atoms with Gasteiger partial charge in [-0.05, 0) is 31.0 Å². The lowest BCUT2D eigenvalue weighted by Gasteiger charge is -2.16. The molecular weight excluding hydrogens is 343 g/mol. The molecule has 2 heterocycles. The Morgan fingerprint density at radius 2 is 1.96 bits per heavy atom. The second-order valence-electron chi connectivity index (χ2n) is 6.18. The summed E-state index contributed by atoms with van der Waals surface area (Å²) in [5.41, 5.74) is 2.79. The van der Waals surface area contributed by atoms with Crippen molar-refractivity contribution in [1.29, 1.82) is 0 Å². The summed E-state index contributed by atoms with van der Waals surface area (Å²) in [6, 6.07) is 12.6. The van der Waals surface area contributed by atoms with Gasteiger partial charge in [-0.3, -0.25) is 0 Å². The van der Waals surface area contributed by atoms with E-state index in [1.807, 2.05) is 31.2 Å². The summed E-state index contributed by atoms with van der Waals surface area (Å²) in [5, 5.41) is 4.18. The summed E-state index contributed by atoms with van der Waals surface area (Å²) < 4.78 is 25.1. The Labute approximate surface area is 149 Å². The average molecular weight is 359 g/mol. The van der Waals surface area contributed by atoms with Gasteiger partial charge in [0.1, 0.15) is 5.82 Å². The van der Waals surface area contributed by atoms with E-state index < -0.39 is 5.82 Å². The first-order valence-corrected chi connectivity index (χ1v) is 8.47. The van der Waals surface area contributed by atoms with Crippen molar-refractivity contribution in [2.45, 2.75) is 25.4 Å². The maximum absolute atomic E-state index is 13.8. The number of halogens is 2. The Hall–Kier alpha value is -2.24. The first-order chi connectivity index (χ1) is 12.1. The highest BCUT2D eigenvalue weighted by Gasteiger charge is 2.35. The van der Waals surface area contributed by atoms with Gasteiger partial charge in [0.25, 0.3) is 0 Å². The zero-order valence-corrected chi connectivity index (χ0v) is 14.3. The van der Waals surface area contributed by atoms with Gasteiger partial charge in [0, 0.05) is 12.2 Å². The Kier molecular flexibility index (Phi) is 4.27. The van der Waals surface area contributed by atoms with E-state index in [-0.39, 0.29) is 17.0 Å². The summed E-state index contributed by atoms with van der Waals surface area (Å²) in [6.45, 7) is 2.58. The maximum Gasteiger partial charge on any atom is 0.233 e. The summed E-state index contributed by atoms with van der Waals surface area (Å²) in [5.74, 6) is 0.489. The van der Waals surface area contributed by atoms with Gasteiger partial charge >= 0.3 is 0 Å². The molecule has 6 heteroatoms. The fraction of sp³-hybridized carbons (Fsp3) is 0.263. The van der Waals surface area contributed by atoms with E-state index >= 15 is 0 Å².